The third kappa shape index (κ3) is 16.2. The smallest absolute Gasteiger partial charge is 0.339 e. The molecule has 0 heterocycles. The number of fused-ring (bicyclic) bond motifs is 2. The van der Waals surface area contributed by atoms with E-state index in [1.54, 1.807) is 33.5 Å². The van der Waals surface area contributed by atoms with E-state index in [9.17, 15) is 4.79 Å². The van der Waals surface area contributed by atoms with Crippen LogP contribution in [0.15, 0.2) is 60.7 Å². The fourth-order valence-electron chi connectivity index (χ4n) is 5.81. The van der Waals surface area contributed by atoms with Crippen molar-refractivity contribution in [3.63, 3.8) is 0 Å². The number of esters is 1. The molecule has 59 heavy (non-hydrogen) atoms. The highest BCUT2D eigenvalue weighted by atomic mass is 16.6. The molecule has 322 valence electrons. The second-order valence-electron chi connectivity index (χ2n) is 12.7. The van der Waals surface area contributed by atoms with Crippen molar-refractivity contribution in [1.29, 1.82) is 0 Å². The first-order valence-electron chi connectivity index (χ1n) is 19.7. The molecule has 0 aliphatic rings. The van der Waals surface area contributed by atoms with Gasteiger partial charge in [-0.2, -0.15) is 0 Å². The summed E-state index contributed by atoms with van der Waals surface area (Å²) in [5.74, 6) is 3.41. The fraction of sp³-hybridized carbons (Fsp3) is 0.489. The highest BCUT2D eigenvalue weighted by molar-refractivity contribution is 6.19. The van der Waals surface area contributed by atoms with Gasteiger partial charge in [0.2, 0.25) is 5.75 Å². The molecule has 0 aromatic heterocycles. The van der Waals surface area contributed by atoms with Gasteiger partial charge in [0.1, 0.15) is 26.4 Å². The maximum Gasteiger partial charge on any atom is 0.339 e. The average Bonchev–Trinajstić information content (AvgIpc) is 3.26. The van der Waals surface area contributed by atoms with E-state index in [0.29, 0.717) is 118 Å². The molecule has 0 fully saturated rings. The van der Waals surface area contributed by atoms with Crippen LogP contribution in [0.25, 0.3) is 21.5 Å². The molecule has 0 radical (unpaired) electrons. The van der Waals surface area contributed by atoms with Gasteiger partial charge in [-0.15, -0.1) is 6.42 Å². The predicted molar refractivity (Wildman–Crippen MR) is 222 cm³/mol. The molecule has 0 atom stereocenters. The zero-order valence-corrected chi connectivity index (χ0v) is 34.5. The van der Waals surface area contributed by atoms with Crippen LogP contribution in [0, 0.1) is 12.3 Å². The van der Waals surface area contributed by atoms with Crippen molar-refractivity contribution >= 4 is 27.5 Å². The molecule has 14 nitrogen and oxygen atoms in total. The lowest BCUT2D eigenvalue weighted by Crippen LogP contribution is -2.16. The van der Waals surface area contributed by atoms with Crippen molar-refractivity contribution in [2.24, 2.45) is 0 Å². The standard InChI is InChI=1S/C45H58O14/c1-5-36-37-10-6-8-12-39(37)43(40-13-9-7-11-38(36)40)45(46)59-34-35-32-41(56-29-26-53-23-20-50-17-14-47-2)44(58-31-28-55-25-22-52-19-16-49-4)42(33-35)57-30-27-54-24-21-51-18-15-48-3/h1,6-13,32-33H,14-31,34H2,2-4H3. The van der Waals surface area contributed by atoms with E-state index in [2.05, 4.69) is 5.92 Å². The van der Waals surface area contributed by atoms with Crippen LogP contribution in [-0.4, -0.2) is 146 Å². The Morgan fingerprint density at radius 1 is 0.492 bits per heavy atom. The summed E-state index contributed by atoms with van der Waals surface area (Å²) in [6.45, 7) is 6.74. The summed E-state index contributed by atoms with van der Waals surface area (Å²) in [4.78, 5) is 14.0. The van der Waals surface area contributed by atoms with E-state index in [-0.39, 0.29) is 46.2 Å². The van der Waals surface area contributed by atoms with Gasteiger partial charge in [0.15, 0.2) is 11.5 Å². The van der Waals surface area contributed by atoms with Gasteiger partial charge in [-0.05, 0) is 39.2 Å². The van der Waals surface area contributed by atoms with Crippen molar-refractivity contribution in [2.75, 3.05) is 140 Å². The van der Waals surface area contributed by atoms with Crippen LogP contribution in [-0.2, 0) is 54.0 Å². The first kappa shape index (κ1) is 47.2. The van der Waals surface area contributed by atoms with Gasteiger partial charge < -0.3 is 61.6 Å². The third-order valence-corrected chi connectivity index (χ3v) is 8.59. The molecule has 14 heteroatoms. The van der Waals surface area contributed by atoms with Crippen LogP contribution in [0.1, 0.15) is 21.5 Å². The van der Waals surface area contributed by atoms with E-state index in [4.69, 9.17) is 68.0 Å². The largest absolute Gasteiger partial charge is 0.487 e. The van der Waals surface area contributed by atoms with Crippen molar-refractivity contribution in [3.8, 4) is 29.6 Å². The van der Waals surface area contributed by atoms with E-state index in [1.165, 1.54) is 0 Å². The zero-order valence-electron chi connectivity index (χ0n) is 34.5. The Hall–Kier alpha value is -4.53. The Balaban J connectivity index is 1.53. The minimum Gasteiger partial charge on any atom is -0.487 e. The molecule has 0 saturated heterocycles. The van der Waals surface area contributed by atoms with Gasteiger partial charge in [0, 0.05) is 26.9 Å². The topological polar surface area (TPSA) is 137 Å². The SMILES string of the molecule is C#Cc1c2ccccc2c(C(=O)OCc2cc(OCCOCCOCCOC)c(OCCOCCOCCOC)c(OCCOCCOCCOC)c2)c2ccccc12. The molecule has 0 unspecified atom stereocenters. The summed E-state index contributed by atoms with van der Waals surface area (Å²) >= 11 is 0. The van der Waals surface area contributed by atoms with Crippen molar-refractivity contribution in [3.05, 3.63) is 77.4 Å². The molecule has 0 saturated carbocycles. The van der Waals surface area contributed by atoms with Gasteiger partial charge in [-0.1, -0.05) is 54.5 Å². The van der Waals surface area contributed by atoms with Crippen LogP contribution in [0.2, 0.25) is 0 Å². The van der Waals surface area contributed by atoms with Gasteiger partial charge in [0.25, 0.3) is 0 Å². The van der Waals surface area contributed by atoms with Crippen LogP contribution in [0.3, 0.4) is 0 Å². The highest BCUT2D eigenvalue weighted by Crippen LogP contribution is 2.40. The molecular formula is C45H58O14. The van der Waals surface area contributed by atoms with E-state index >= 15 is 0 Å². The lowest BCUT2D eigenvalue weighted by molar-refractivity contribution is 0.0146. The van der Waals surface area contributed by atoms with Gasteiger partial charge in [-0.25, -0.2) is 4.79 Å². The third-order valence-electron chi connectivity index (χ3n) is 8.59. The van der Waals surface area contributed by atoms with Crippen LogP contribution >= 0.6 is 0 Å². The second kappa shape index (κ2) is 28.8. The average molecular weight is 823 g/mol. The van der Waals surface area contributed by atoms with E-state index in [0.717, 1.165) is 16.3 Å². The number of hydrogen-bond donors (Lipinski definition) is 0. The van der Waals surface area contributed by atoms with Gasteiger partial charge >= 0.3 is 5.97 Å². The number of hydrogen-bond acceptors (Lipinski definition) is 14. The number of terminal acetylenes is 1. The molecule has 4 aromatic carbocycles. The Morgan fingerprint density at radius 3 is 1.24 bits per heavy atom. The summed E-state index contributed by atoms with van der Waals surface area (Å²) < 4.78 is 73.4. The first-order chi connectivity index (χ1) is 29.1. The molecule has 4 rings (SSSR count). The molecular weight excluding hydrogens is 764 g/mol. The van der Waals surface area contributed by atoms with Crippen LogP contribution < -0.4 is 14.2 Å². The molecule has 0 N–H and O–H groups in total. The Labute approximate surface area is 347 Å². The molecule has 0 amide bonds. The Kier molecular flexibility index (Phi) is 23.0. The number of benzene rings is 4. The molecule has 0 aliphatic heterocycles. The summed E-state index contributed by atoms with van der Waals surface area (Å²) in [6, 6.07) is 18.7. The number of ether oxygens (including phenoxy) is 13. The number of carbonyl (C=O) groups is 1. The van der Waals surface area contributed by atoms with Gasteiger partial charge in [0.05, 0.1) is 105 Å². The molecule has 0 spiro atoms. The summed E-state index contributed by atoms with van der Waals surface area (Å²) in [5, 5.41) is 3.00. The van der Waals surface area contributed by atoms with Crippen molar-refractivity contribution < 1.29 is 66.4 Å². The lowest BCUT2D eigenvalue weighted by atomic mass is 9.92. The quantitative estimate of drug-likeness (QED) is 0.0259. The lowest BCUT2D eigenvalue weighted by Gasteiger charge is -2.19. The first-order valence-corrected chi connectivity index (χ1v) is 19.7. The molecule has 0 aliphatic carbocycles. The van der Waals surface area contributed by atoms with E-state index < -0.39 is 5.97 Å². The maximum absolute atomic E-state index is 14.0. The monoisotopic (exact) mass is 822 g/mol. The summed E-state index contributed by atoms with van der Waals surface area (Å²) in [6.07, 6.45) is 5.97. The number of methoxy groups -OCH3 is 3. The zero-order chi connectivity index (χ0) is 41.8. The normalized spacial score (nSPS) is 11.2. The van der Waals surface area contributed by atoms with Crippen molar-refractivity contribution in [2.45, 2.75) is 6.61 Å². The van der Waals surface area contributed by atoms with Crippen molar-refractivity contribution in [1.82, 2.24) is 0 Å². The maximum atomic E-state index is 14.0. The Morgan fingerprint density at radius 2 is 0.847 bits per heavy atom. The minimum atomic E-state index is -0.503. The van der Waals surface area contributed by atoms with E-state index in [1.807, 2.05) is 48.5 Å². The number of carbonyl (C=O) groups excluding carboxylic acids is 1. The fourth-order valence-corrected chi connectivity index (χ4v) is 5.81. The number of rotatable bonds is 33. The van der Waals surface area contributed by atoms with Crippen LogP contribution in [0.5, 0.6) is 17.2 Å². The molecule has 4 aromatic rings. The molecule has 0 bridgehead atoms. The highest BCUT2D eigenvalue weighted by Gasteiger charge is 2.21. The predicted octanol–water partition coefficient (Wildman–Crippen LogP) is 5.51. The van der Waals surface area contributed by atoms with Crippen LogP contribution in [0.4, 0.5) is 0 Å². The minimum absolute atomic E-state index is 0.0951. The Bertz CT molecular complexity index is 1740. The second-order valence-corrected chi connectivity index (χ2v) is 12.7. The summed E-state index contributed by atoms with van der Waals surface area (Å²) in [5.41, 5.74) is 1.76. The summed E-state index contributed by atoms with van der Waals surface area (Å²) in [7, 11) is 4.87. The van der Waals surface area contributed by atoms with Gasteiger partial charge in [-0.3, -0.25) is 0 Å².